The van der Waals surface area contributed by atoms with Gasteiger partial charge in [-0.15, -0.1) is 0 Å². The molecule has 0 aliphatic carbocycles. The van der Waals surface area contributed by atoms with Gasteiger partial charge in [0.25, 0.3) is 0 Å². The molecule has 2 N–H and O–H groups in total. The van der Waals surface area contributed by atoms with Crippen LogP contribution in [0.15, 0.2) is 12.1 Å². The van der Waals surface area contributed by atoms with Gasteiger partial charge >= 0.3 is 5.97 Å². The topological polar surface area (TPSA) is 70.8 Å². The second kappa shape index (κ2) is 5.48. The summed E-state index contributed by atoms with van der Waals surface area (Å²) in [5.74, 6) is 1.17. The van der Waals surface area contributed by atoms with E-state index in [4.69, 9.17) is 15.2 Å². The van der Waals surface area contributed by atoms with Gasteiger partial charge in [-0.25, -0.2) is 0 Å². The summed E-state index contributed by atoms with van der Waals surface area (Å²) in [5.41, 5.74) is 7.91. The monoisotopic (exact) mass is 265 g/mol. The highest BCUT2D eigenvalue weighted by Crippen LogP contribution is 2.37. The molecule has 0 radical (unpaired) electrons. The minimum Gasteiger partial charge on any atom is -0.496 e. The Kier molecular flexibility index (Phi) is 3.95. The van der Waals surface area contributed by atoms with E-state index in [2.05, 4.69) is 4.74 Å². The molecule has 0 saturated carbocycles. The molecule has 0 bridgehead atoms. The number of carbonyl (C=O) groups is 1. The number of rotatable bonds is 4. The second-order valence-corrected chi connectivity index (χ2v) is 4.72. The number of nitrogens with two attached hydrogens (primary N) is 1. The molecule has 5 heteroatoms. The molecule has 1 aromatic rings. The van der Waals surface area contributed by atoms with Gasteiger partial charge in [-0.2, -0.15) is 0 Å². The molecular weight excluding hydrogens is 246 g/mol. The van der Waals surface area contributed by atoms with Gasteiger partial charge in [-0.05, 0) is 19.1 Å². The van der Waals surface area contributed by atoms with Crippen LogP contribution >= 0.6 is 0 Å². The third-order valence-corrected chi connectivity index (χ3v) is 3.26. The first kappa shape index (κ1) is 13.7. The fourth-order valence-corrected chi connectivity index (χ4v) is 2.29. The lowest BCUT2D eigenvalue weighted by molar-refractivity contribution is -0.141. The van der Waals surface area contributed by atoms with E-state index in [0.717, 1.165) is 23.3 Å². The van der Waals surface area contributed by atoms with E-state index in [1.807, 2.05) is 19.1 Å². The number of carbonyl (C=O) groups excluding carboxylic acids is 1. The predicted octanol–water partition coefficient (Wildman–Crippen LogP) is 1.58. The quantitative estimate of drug-likeness (QED) is 0.837. The molecule has 1 unspecified atom stereocenters. The minimum absolute atomic E-state index is 0.112. The molecule has 0 spiro atoms. The maximum Gasteiger partial charge on any atom is 0.307 e. The van der Waals surface area contributed by atoms with Crippen LogP contribution in [0.3, 0.4) is 0 Å². The Hall–Kier alpha value is -1.75. The van der Waals surface area contributed by atoms with E-state index < -0.39 is 6.04 Å². The van der Waals surface area contributed by atoms with Gasteiger partial charge in [0.1, 0.15) is 17.6 Å². The lowest BCUT2D eigenvalue weighted by Crippen LogP contribution is -2.17. The van der Waals surface area contributed by atoms with Crippen LogP contribution in [0.1, 0.15) is 30.5 Å². The van der Waals surface area contributed by atoms with Crippen LogP contribution < -0.4 is 15.2 Å². The second-order valence-electron chi connectivity index (χ2n) is 4.72. The molecule has 1 aromatic carbocycles. The Bertz CT molecular complexity index is 487. The molecule has 1 aliphatic heterocycles. The summed E-state index contributed by atoms with van der Waals surface area (Å²) in [4.78, 5) is 11.3. The summed E-state index contributed by atoms with van der Waals surface area (Å²) in [6, 6.07) is 3.34. The van der Waals surface area contributed by atoms with Crippen LogP contribution in [0.4, 0.5) is 0 Å². The summed E-state index contributed by atoms with van der Waals surface area (Å²) >= 11 is 0. The number of methoxy groups -OCH3 is 2. The van der Waals surface area contributed by atoms with Crippen LogP contribution in [-0.4, -0.2) is 26.3 Å². The van der Waals surface area contributed by atoms with Crippen molar-refractivity contribution in [2.24, 2.45) is 5.73 Å². The number of ether oxygens (including phenoxy) is 3. The average molecular weight is 265 g/mol. The first-order valence-corrected chi connectivity index (χ1v) is 6.25. The van der Waals surface area contributed by atoms with E-state index in [1.165, 1.54) is 7.11 Å². The third-order valence-electron chi connectivity index (χ3n) is 3.26. The van der Waals surface area contributed by atoms with Crippen molar-refractivity contribution in [1.82, 2.24) is 0 Å². The number of hydrogen-bond donors (Lipinski definition) is 1. The molecule has 0 aromatic heterocycles. The Balaban J connectivity index is 2.29. The largest absolute Gasteiger partial charge is 0.496 e. The maximum absolute atomic E-state index is 11.3. The Morgan fingerprint density at radius 2 is 2.26 bits per heavy atom. The number of hydrogen-bond acceptors (Lipinski definition) is 5. The summed E-state index contributed by atoms with van der Waals surface area (Å²) in [7, 11) is 2.94. The van der Waals surface area contributed by atoms with Crippen molar-refractivity contribution in [3.63, 3.8) is 0 Å². The molecule has 0 amide bonds. The summed E-state index contributed by atoms with van der Waals surface area (Å²) in [6.45, 7) is 2.01. The Morgan fingerprint density at radius 3 is 2.89 bits per heavy atom. The van der Waals surface area contributed by atoms with Crippen LogP contribution in [-0.2, 0) is 16.0 Å². The Labute approximate surface area is 112 Å². The van der Waals surface area contributed by atoms with Gasteiger partial charge in [0.15, 0.2) is 0 Å². The average Bonchev–Trinajstić information content (AvgIpc) is 2.75. The highest BCUT2D eigenvalue weighted by Gasteiger charge is 2.24. The van der Waals surface area contributed by atoms with Crippen LogP contribution in [0.25, 0.3) is 0 Å². The zero-order valence-corrected chi connectivity index (χ0v) is 11.4. The summed E-state index contributed by atoms with van der Waals surface area (Å²) in [5, 5.41) is 0. The van der Waals surface area contributed by atoms with E-state index in [0.29, 0.717) is 5.75 Å². The predicted molar refractivity (Wildman–Crippen MR) is 70.3 cm³/mol. The molecule has 5 nitrogen and oxygen atoms in total. The molecule has 104 valence electrons. The molecule has 1 heterocycles. The first-order chi connectivity index (χ1) is 9.05. The lowest BCUT2D eigenvalue weighted by Gasteiger charge is -2.16. The van der Waals surface area contributed by atoms with Crippen molar-refractivity contribution in [3.05, 3.63) is 23.3 Å². The van der Waals surface area contributed by atoms with Crippen LogP contribution in [0, 0.1) is 0 Å². The van der Waals surface area contributed by atoms with Crippen molar-refractivity contribution in [2.45, 2.75) is 31.9 Å². The van der Waals surface area contributed by atoms with Crippen LogP contribution in [0.2, 0.25) is 0 Å². The standard InChI is InChI=1S/C14H19NO4/c1-8-4-9-5-13(17-2)10(6-12(9)19-8)11(15)7-14(16)18-3/h5-6,8,11H,4,7,15H2,1-3H3/t8?,11-/m0/s1. The normalized spacial score (nSPS) is 18.4. The summed E-state index contributed by atoms with van der Waals surface area (Å²) < 4.78 is 15.7. The summed E-state index contributed by atoms with van der Waals surface area (Å²) in [6.07, 6.45) is 1.13. The van der Waals surface area contributed by atoms with Gasteiger partial charge in [-0.3, -0.25) is 4.79 Å². The van der Waals surface area contributed by atoms with E-state index in [9.17, 15) is 4.79 Å². The van der Waals surface area contributed by atoms with Crippen molar-refractivity contribution in [2.75, 3.05) is 14.2 Å². The lowest BCUT2D eigenvalue weighted by atomic mass is 10.00. The van der Waals surface area contributed by atoms with E-state index in [-0.39, 0.29) is 18.5 Å². The Morgan fingerprint density at radius 1 is 1.53 bits per heavy atom. The highest BCUT2D eigenvalue weighted by molar-refractivity contribution is 5.70. The number of esters is 1. The van der Waals surface area contributed by atoms with Crippen molar-refractivity contribution < 1.29 is 19.0 Å². The van der Waals surface area contributed by atoms with Gasteiger partial charge in [0.2, 0.25) is 0 Å². The van der Waals surface area contributed by atoms with Crippen molar-refractivity contribution in [3.8, 4) is 11.5 Å². The van der Waals surface area contributed by atoms with Crippen molar-refractivity contribution in [1.29, 1.82) is 0 Å². The first-order valence-electron chi connectivity index (χ1n) is 6.25. The van der Waals surface area contributed by atoms with Crippen molar-refractivity contribution >= 4 is 5.97 Å². The van der Waals surface area contributed by atoms with Crippen LogP contribution in [0.5, 0.6) is 11.5 Å². The minimum atomic E-state index is -0.466. The van der Waals surface area contributed by atoms with E-state index in [1.54, 1.807) is 7.11 Å². The van der Waals surface area contributed by atoms with E-state index >= 15 is 0 Å². The number of fused-ring (bicyclic) bond motifs is 1. The fraction of sp³-hybridized carbons (Fsp3) is 0.500. The molecule has 1 aliphatic rings. The molecule has 0 saturated heterocycles. The molecular formula is C14H19NO4. The van der Waals surface area contributed by atoms with Gasteiger partial charge in [-0.1, -0.05) is 0 Å². The maximum atomic E-state index is 11.3. The number of benzene rings is 1. The van der Waals surface area contributed by atoms with Gasteiger partial charge in [0.05, 0.1) is 20.6 Å². The highest BCUT2D eigenvalue weighted by atomic mass is 16.5. The molecule has 2 rings (SSSR count). The van der Waals surface area contributed by atoms with Gasteiger partial charge in [0, 0.05) is 23.6 Å². The van der Waals surface area contributed by atoms with Gasteiger partial charge < -0.3 is 19.9 Å². The third kappa shape index (κ3) is 2.81. The smallest absolute Gasteiger partial charge is 0.307 e. The zero-order chi connectivity index (χ0) is 14.0. The SMILES string of the molecule is COC(=O)C[C@H](N)c1cc2c(cc1OC)CC(C)O2. The molecule has 0 fully saturated rings. The molecule has 2 atom stereocenters. The fourth-order valence-electron chi connectivity index (χ4n) is 2.29. The zero-order valence-electron chi connectivity index (χ0n) is 11.4. The molecule has 19 heavy (non-hydrogen) atoms.